The van der Waals surface area contributed by atoms with E-state index in [9.17, 15) is 4.79 Å². The second kappa shape index (κ2) is 7.00. The van der Waals surface area contributed by atoms with Crippen molar-refractivity contribution < 1.29 is 4.79 Å². The van der Waals surface area contributed by atoms with Crippen molar-refractivity contribution in [1.29, 1.82) is 0 Å². The van der Waals surface area contributed by atoms with E-state index in [0.717, 1.165) is 25.1 Å². The van der Waals surface area contributed by atoms with E-state index in [1.807, 2.05) is 24.3 Å². The molecule has 0 fully saturated rings. The Labute approximate surface area is 122 Å². The van der Waals surface area contributed by atoms with Crippen molar-refractivity contribution in [2.24, 2.45) is 0 Å². The summed E-state index contributed by atoms with van der Waals surface area (Å²) in [6.07, 6.45) is 1.99. The zero-order valence-corrected chi connectivity index (χ0v) is 12.5. The first-order valence-corrected chi connectivity index (χ1v) is 7.52. The number of carbonyl (C=O) groups is 1. The Morgan fingerprint density at radius 1 is 1.20 bits per heavy atom. The van der Waals surface area contributed by atoms with Gasteiger partial charge in [-0.25, -0.2) is 0 Å². The van der Waals surface area contributed by atoms with Gasteiger partial charge in [-0.2, -0.15) is 0 Å². The highest BCUT2D eigenvalue weighted by molar-refractivity contribution is 7.17. The fourth-order valence-electron chi connectivity index (χ4n) is 1.63. The quantitative estimate of drug-likeness (QED) is 0.857. The predicted octanol–water partition coefficient (Wildman–Crippen LogP) is 3.17. The molecule has 0 aliphatic carbocycles. The molecule has 1 aromatic carbocycles. The first-order chi connectivity index (χ1) is 9.72. The van der Waals surface area contributed by atoms with Crippen LogP contribution in [0.3, 0.4) is 0 Å². The van der Waals surface area contributed by atoms with Crippen molar-refractivity contribution in [3.8, 4) is 0 Å². The minimum Gasteiger partial charge on any atom is -0.360 e. The SMILES string of the molecule is CCCNc1nnc(C(=O)Nc2ccc(CC)cc2)s1. The minimum atomic E-state index is -0.226. The predicted molar refractivity (Wildman–Crippen MR) is 82.5 cm³/mol. The van der Waals surface area contributed by atoms with Crippen LogP contribution >= 0.6 is 11.3 Å². The highest BCUT2D eigenvalue weighted by Gasteiger charge is 2.12. The molecule has 2 N–H and O–H groups in total. The van der Waals surface area contributed by atoms with Gasteiger partial charge in [-0.15, -0.1) is 10.2 Å². The molecule has 0 bridgehead atoms. The van der Waals surface area contributed by atoms with Crippen LogP contribution in [0.5, 0.6) is 0 Å². The molecule has 0 aliphatic heterocycles. The average Bonchev–Trinajstić information content (AvgIpc) is 2.95. The Bertz CT molecular complexity index is 565. The van der Waals surface area contributed by atoms with Gasteiger partial charge in [0, 0.05) is 12.2 Å². The van der Waals surface area contributed by atoms with E-state index in [0.29, 0.717) is 10.1 Å². The lowest BCUT2D eigenvalue weighted by molar-refractivity contribution is 0.102. The molecule has 5 nitrogen and oxygen atoms in total. The van der Waals surface area contributed by atoms with E-state index in [4.69, 9.17) is 0 Å². The molecule has 20 heavy (non-hydrogen) atoms. The lowest BCUT2D eigenvalue weighted by Crippen LogP contribution is -2.11. The maximum Gasteiger partial charge on any atom is 0.286 e. The van der Waals surface area contributed by atoms with Crippen molar-refractivity contribution in [2.45, 2.75) is 26.7 Å². The zero-order chi connectivity index (χ0) is 14.4. The van der Waals surface area contributed by atoms with Gasteiger partial charge >= 0.3 is 0 Å². The summed E-state index contributed by atoms with van der Waals surface area (Å²) in [6, 6.07) is 7.80. The van der Waals surface area contributed by atoms with Crippen LogP contribution in [-0.4, -0.2) is 22.6 Å². The Hall–Kier alpha value is -1.95. The second-order valence-corrected chi connectivity index (χ2v) is 5.32. The monoisotopic (exact) mass is 290 g/mol. The van der Waals surface area contributed by atoms with Crippen molar-refractivity contribution >= 4 is 28.1 Å². The third kappa shape index (κ3) is 3.77. The van der Waals surface area contributed by atoms with Crippen LogP contribution in [-0.2, 0) is 6.42 Å². The number of aryl methyl sites for hydroxylation is 1. The van der Waals surface area contributed by atoms with Crippen molar-refractivity contribution in [3.63, 3.8) is 0 Å². The summed E-state index contributed by atoms with van der Waals surface area (Å²) >= 11 is 1.26. The van der Waals surface area contributed by atoms with Crippen molar-refractivity contribution in [3.05, 3.63) is 34.8 Å². The summed E-state index contributed by atoms with van der Waals surface area (Å²) in [5.41, 5.74) is 2.01. The lowest BCUT2D eigenvalue weighted by atomic mass is 10.1. The summed E-state index contributed by atoms with van der Waals surface area (Å²) in [6.45, 7) is 5.00. The average molecular weight is 290 g/mol. The largest absolute Gasteiger partial charge is 0.360 e. The highest BCUT2D eigenvalue weighted by atomic mass is 32.1. The third-order valence-corrected chi connectivity index (χ3v) is 3.65. The molecule has 0 saturated carbocycles. The summed E-state index contributed by atoms with van der Waals surface area (Å²) in [4.78, 5) is 12.0. The standard InChI is InChI=1S/C14H18N4OS/c1-3-9-15-14-18-17-13(20-14)12(19)16-11-7-5-10(4-2)6-8-11/h5-8H,3-4,9H2,1-2H3,(H,15,18)(H,16,19). The molecule has 6 heteroatoms. The molecule has 0 atom stereocenters. The normalized spacial score (nSPS) is 10.3. The van der Waals surface area contributed by atoms with Gasteiger partial charge < -0.3 is 10.6 Å². The molecule has 0 unspecified atom stereocenters. The number of hydrogen-bond acceptors (Lipinski definition) is 5. The van der Waals surface area contributed by atoms with Crippen LogP contribution in [0.25, 0.3) is 0 Å². The maximum atomic E-state index is 12.0. The number of rotatable bonds is 6. The molecule has 0 saturated heterocycles. The Kier molecular flexibility index (Phi) is 5.06. The fourth-order valence-corrected chi connectivity index (χ4v) is 2.29. The van der Waals surface area contributed by atoms with E-state index in [1.165, 1.54) is 16.9 Å². The summed E-state index contributed by atoms with van der Waals surface area (Å²) in [5.74, 6) is -0.226. The molecule has 1 aromatic heterocycles. The number of aromatic nitrogens is 2. The molecule has 106 valence electrons. The summed E-state index contributed by atoms with van der Waals surface area (Å²) in [5, 5.41) is 14.8. The molecule has 1 heterocycles. The van der Waals surface area contributed by atoms with Crippen LogP contribution in [0.2, 0.25) is 0 Å². The number of amides is 1. The molecule has 1 amide bonds. The number of hydrogen-bond donors (Lipinski definition) is 2. The fraction of sp³-hybridized carbons (Fsp3) is 0.357. The molecular weight excluding hydrogens is 272 g/mol. The molecule has 2 aromatic rings. The highest BCUT2D eigenvalue weighted by Crippen LogP contribution is 2.17. The van der Waals surface area contributed by atoms with Crippen LogP contribution in [0, 0.1) is 0 Å². The Balaban J connectivity index is 1.98. The number of anilines is 2. The first-order valence-electron chi connectivity index (χ1n) is 6.70. The first kappa shape index (κ1) is 14.5. The van der Waals surface area contributed by atoms with Crippen molar-refractivity contribution in [1.82, 2.24) is 10.2 Å². The number of benzene rings is 1. The molecule has 0 spiro atoms. The number of nitrogens with zero attached hydrogens (tertiary/aromatic N) is 2. The van der Waals surface area contributed by atoms with Crippen LogP contribution in [0.15, 0.2) is 24.3 Å². The van der Waals surface area contributed by atoms with Crippen molar-refractivity contribution in [2.75, 3.05) is 17.2 Å². The topological polar surface area (TPSA) is 66.9 Å². The van der Waals surface area contributed by atoms with Crippen LogP contribution in [0.1, 0.15) is 35.6 Å². The van der Waals surface area contributed by atoms with E-state index < -0.39 is 0 Å². The van der Waals surface area contributed by atoms with E-state index in [-0.39, 0.29) is 5.91 Å². The van der Waals surface area contributed by atoms with E-state index in [1.54, 1.807) is 0 Å². The summed E-state index contributed by atoms with van der Waals surface area (Å²) < 4.78 is 0. The van der Waals surface area contributed by atoms with Crippen LogP contribution < -0.4 is 10.6 Å². The minimum absolute atomic E-state index is 0.226. The zero-order valence-electron chi connectivity index (χ0n) is 11.6. The Morgan fingerprint density at radius 3 is 2.60 bits per heavy atom. The van der Waals surface area contributed by atoms with Gasteiger partial charge in [0.1, 0.15) is 0 Å². The van der Waals surface area contributed by atoms with Gasteiger partial charge in [0.2, 0.25) is 10.1 Å². The van der Waals surface area contributed by atoms with E-state index >= 15 is 0 Å². The second-order valence-electron chi connectivity index (χ2n) is 4.34. The van der Waals surface area contributed by atoms with Gasteiger partial charge in [0.15, 0.2) is 0 Å². The van der Waals surface area contributed by atoms with Gasteiger partial charge in [-0.1, -0.05) is 37.3 Å². The van der Waals surface area contributed by atoms with Gasteiger partial charge in [-0.05, 0) is 30.5 Å². The molecule has 2 rings (SSSR count). The van der Waals surface area contributed by atoms with Gasteiger partial charge in [-0.3, -0.25) is 4.79 Å². The molecule has 0 aliphatic rings. The smallest absolute Gasteiger partial charge is 0.286 e. The number of carbonyl (C=O) groups excluding carboxylic acids is 1. The van der Waals surface area contributed by atoms with Crippen LogP contribution in [0.4, 0.5) is 10.8 Å². The maximum absolute atomic E-state index is 12.0. The van der Waals surface area contributed by atoms with Gasteiger partial charge in [0.25, 0.3) is 5.91 Å². The Morgan fingerprint density at radius 2 is 1.95 bits per heavy atom. The van der Waals surface area contributed by atoms with E-state index in [2.05, 4.69) is 34.7 Å². The van der Waals surface area contributed by atoms with Gasteiger partial charge in [0.05, 0.1) is 0 Å². The molecular formula is C14H18N4OS. The molecule has 0 radical (unpaired) electrons. The summed E-state index contributed by atoms with van der Waals surface area (Å²) in [7, 11) is 0. The third-order valence-electron chi connectivity index (χ3n) is 2.77. The number of nitrogens with one attached hydrogen (secondary N) is 2. The lowest BCUT2D eigenvalue weighted by Gasteiger charge is -2.03.